The molecule has 1 saturated carbocycles. The minimum Gasteiger partial charge on any atom is -0.460 e. The fourth-order valence-corrected chi connectivity index (χ4v) is 5.78. The molecule has 0 saturated heterocycles. The SMILES string of the molecule is Cc1c(Oc2ccnc(-c3ccn(C4CCC(CC(=O)OC(C)(C)C)CC4)c3)c2)cccc1C(=O)NCc1cc(F)cc(F)c1. The van der Waals surface area contributed by atoms with Crippen LogP contribution in [0.15, 0.2) is 73.2 Å². The molecule has 0 radical (unpaired) electrons. The van der Waals surface area contributed by atoms with Crippen LogP contribution in [0.4, 0.5) is 8.78 Å². The summed E-state index contributed by atoms with van der Waals surface area (Å²) in [6.07, 6.45) is 10.3. The van der Waals surface area contributed by atoms with Crippen molar-refractivity contribution in [3.05, 3.63) is 102 Å². The molecule has 2 aromatic carbocycles. The molecule has 236 valence electrons. The number of benzene rings is 2. The van der Waals surface area contributed by atoms with Crippen molar-refractivity contribution in [3.8, 4) is 22.8 Å². The van der Waals surface area contributed by atoms with Gasteiger partial charge in [-0.2, -0.15) is 0 Å². The zero-order valence-corrected chi connectivity index (χ0v) is 26.1. The topological polar surface area (TPSA) is 82.5 Å². The number of carbonyl (C=O) groups is 2. The zero-order chi connectivity index (χ0) is 32.1. The van der Waals surface area contributed by atoms with Gasteiger partial charge < -0.3 is 19.4 Å². The fraction of sp³-hybridized carbons (Fsp3) is 0.361. The van der Waals surface area contributed by atoms with Gasteiger partial charge in [0.05, 0.1) is 5.69 Å². The number of halogens is 2. The van der Waals surface area contributed by atoms with Crippen LogP contribution in [-0.2, 0) is 16.1 Å². The van der Waals surface area contributed by atoms with Crippen LogP contribution in [0.25, 0.3) is 11.3 Å². The number of carbonyl (C=O) groups excluding carboxylic acids is 2. The van der Waals surface area contributed by atoms with Crippen molar-refractivity contribution < 1.29 is 27.8 Å². The van der Waals surface area contributed by atoms with Gasteiger partial charge in [0.25, 0.3) is 5.91 Å². The summed E-state index contributed by atoms with van der Waals surface area (Å²) < 4.78 is 41.0. The number of hydrogen-bond acceptors (Lipinski definition) is 5. The molecule has 0 atom stereocenters. The third-order valence-corrected chi connectivity index (χ3v) is 7.99. The zero-order valence-electron chi connectivity index (χ0n) is 26.1. The Hall–Kier alpha value is -4.53. The number of aromatic nitrogens is 2. The number of amides is 1. The Morgan fingerprint density at radius 2 is 1.73 bits per heavy atom. The van der Waals surface area contributed by atoms with E-state index in [1.54, 1.807) is 37.4 Å². The first-order chi connectivity index (χ1) is 21.4. The monoisotopic (exact) mass is 615 g/mol. The van der Waals surface area contributed by atoms with Crippen molar-refractivity contribution in [1.82, 2.24) is 14.9 Å². The van der Waals surface area contributed by atoms with E-state index >= 15 is 0 Å². The van der Waals surface area contributed by atoms with Crippen molar-refractivity contribution in [3.63, 3.8) is 0 Å². The van der Waals surface area contributed by atoms with Crippen LogP contribution in [0.2, 0.25) is 0 Å². The third kappa shape index (κ3) is 8.56. The third-order valence-electron chi connectivity index (χ3n) is 7.99. The molecular formula is C36H39F2N3O4. The van der Waals surface area contributed by atoms with E-state index in [-0.39, 0.29) is 18.4 Å². The van der Waals surface area contributed by atoms with E-state index in [0.717, 1.165) is 43.0 Å². The molecule has 5 rings (SSSR count). The highest BCUT2D eigenvalue weighted by molar-refractivity contribution is 5.96. The van der Waals surface area contributed by atoms with Crippen LogP contribution in [0.1, 0.15) is 80.4 Å². The number of hydrogen-bond donors (Lipinski definition) is 1. The van der Waals surface area contributed by atoms with Crippen LogP contribution >= 0.6 is 0 Å². The predicted octanol–water partition coefficient (Wildman–Crippen LogP) is 8.32. The molecule has 0 bridgehead atoms. The first-order valence-corrected chi connectivity index (χ1v) is 15.3. The molecule has 1 aliphatic rings. The molecule has 9 heteroatoms. The van der Waals surface area contributed by atoms with Gasteiger partial charge in [-0.05, 0) is 101 Å². The molecule has 1 N–H and O–H groups in total. The smallest absolute Gasteiger partial charge is 0.306 e. The van der Waals surface area contributed by atoms with Gasteiger partial charge in [0.1, 0.15) is 28.7 Å². The van der Waals surface area contributed by atoms with Crippen molar-refractivity contribution in [2.24, 2.45) is 5.92 Å². The van der Waals surface area contributed by atoms with Crippen molar-refractivity contribution in [2.75, 3.05) is 0 Å². The molecule has 1 aliphatic carbocycles. The Morgan fingerprint density at radius 1 is 1.00 bits per heavy atom. The first kappa shape index (κ1) is 31.9. The molecule has 7 nitrogen and oxygen atoms in total. The minimum atomic E-state index is -0.696. The molecule has 0 spiro atoms. The van der Waals surface area contributed by atoms with Crippen LogP contribution in [0.5, 0.6) is 11.5 Å². The summed E-state index contributed by atoms with van der Waals surface area (Å²) in [5, 5.41) is 2.72. The number of nitrogens with zero attached hydrogens (tertiary/aromatic N) is 2. The molecule has 0 unspecified atom stereocenters. The second kappa shape index (κ2) is 13.6. The average molecular weight is 616 g/mol. The lowest BCUT2D eigenvalue weighted by molar-refractivity contribution is -0.156. The highest BCUT2D eigenvalue weighted by atomic mass is 19.1. The van der Waals surface area contributed by atoms with Gasteiger partial charge in [0.15, 0.2) is 0 Å². The highest BCUT2D eigenvalue weighted by Crippen LogP contribution is 2.36. The number of esters is 1. The molecule has 0 aliphatic heterocycles. The van der Waals surface area contributed by atoms with Gasteiger partial charge in [-0.3, -0.25) is 14.6 Å². The van der Waals surface area contributed by atoms with Crippen molar-refractivity contribution in [1.29, 1.82) is 0 Å². The summed E-state index contributed by atoms with van der Waals surface area (Å²) in [6.45, 7) is 7.46. The average Bonchev–Trinajstić information content (AvgIpc) is 3.47. The van der Waals surface area contributed by atoms with Crippen LogP contribution in [0.3, 0.4) is 0 Å². The van der Waals surface area contributed by atoms with Crippen LogP contribution in [-0.4, -0.2) is 27.0 Å². The second-order valence-corrected chi connectivity index (χ2v) is 12.7. The Morgan fingerprint density at radius 3 is 2.44 bits per heavy atom. The lowest BCUT2D eigenvalue weighted by Crippen LogP contribution is -2.26. The van der Waals surface area contributed by atoms with Gasteiger partial charge in [-0.15, -0.1) is 0 Å². The summed E-state index contributed by atoms with van der Waals surface area (Å²) in [5.41, 5.74) is 2.63. The van der Waals surface area contributed by atoms with E-state index in [0.29, 0.717) is 46.6 Å². The molecule has 1 fully saturated rings. The lowest BCUT2D eigenvalue weighted by atomic mass is 9.84. The van der Waals surface area contributed by atoms with Gasteiger partial charge in [0, 0.05) is 66.4 Å². The maximum atomic E-state index is 13.5. The van der Waals surface area contributed by atoms with E-state index in [1.165, 1.54) is 12.1 Å². The molecule has 2 aromatic heterocycles. The maximum Gasteiger partial charge on any atom is 0.306 e. The minimum absolute atomic E-state index is 0.0150. The van der Waals surface area contributed by atoms with Crippen LogP contribution in [0, 0.1) is 24.5 Å². The lowest BCUT2D eigenvalue weighted by Gasteiger charge is -2.30. The van der Waals surface area contributed by atoms with E-state index in [9.17, 15) is 18.4 Å². The van der Waals surface area contributed by atoms with E-state index in [4.69, 9.17) is 9.47 Å². The van der Waals surface area contributed by atoms with Gasteiger partial charge in [0.2, 0.25) is 0 Å². The van der Waals surface area contributed by atoms with E-state index in [1.807, 2.05) is 32.9 Å². The number of ether oxygens (including phenoxy) is 2. The number of rotatable bonds is 9. The van der Waals surface area contributed by atoms with E-state index < -0.39 is 17.2 Å². The van der Waals surface area contributed by atoms with Crippen LogP contribution < -0.4 is 10.1 Å². The molecule has 1 amide bonds. The molecule has 4 aromatic rings. The Bertz CT molecular complexity index is 1650. The predicted molar refractivity (Wildman–Crippen MR) is 168 cm³/mol. The molecular weight excluding hydrogens is 576 g/mol. The highest BCUT2D eigenvalue weighted by Gasteiger charge is 2.26. The summed E-state index contributed by atoms with van der Waals surface area (Å²) in [4.78, 5) is 29.7. The summed E-state index contributed by atoms with van der Waals surface area (Å²) in [7, 11) is 0. The Kier molecular flexibility index (Phi) is 9.65. The number of pyridine rings is 1. The maximum absolute atomic E-state index is 13.5. The second-order valence-electron chi connectivity index (χ2n) is 12.7. The van der Waals surface area contributed by atoms with Gasteiger partial charge in [-0.1, -0.05) is 6.07 Å². The standard InChI is InChI=1S/C36H39F2N3O4/c1-23-31(35(43)40-21-25-16-27(37)19-28(38)17-25)6-5-7-33(23)44-30-12-14-39-32(20-30)26-13-15-41(22-26)29-10-8-24(9-11-29)18-34(42)45-36(2,3)4/h5-7,12-17,19-20,22,24,29H,8-11,18,21H2,1-4H3,(H,40,43). The van der Waals surface area contributed by atoms with Crippen molar-refractivity contribution in [2.45, 2.75) is 78.0 Å². The molecule has 2 heterocycles. The van der Waals surface area contributed by atoms with Gasteiger partial charge in [-0.25, -0.2) is 8.78 Å². The first-order valence-electron chi connectivity index (χ1n) is 15.3. The Balaban J connectivity index is 1.20. The summed E-state index contributed by atoms with van der Waals surface area (Å²) in [5.74, 6) is -0.447. The van der Waals surface area contributed by atoms with Gasteiger partial charge >= 0.3 is 5.97 Å². The molecule has 45 heavy (non-hydrogen) atoms. The van der Waals surface area contributed by atoms with Crippen molar-refractivity contribution >= 4 is 11.9 Å². The van der Waals surface area contributed by atoms with E-state index in [2.05, 4.69) is 27.3 Å². The quantitative estimate of drug-likeness (QED) is 0.192. The fourth-order valence-electron chi connectivity index (χ4n) is 5.78. The Labute approximate surface area is 262 Å². The normalized spacial score (nSPS) is 16.7. The number of nitrogens with one attached hydrogen (secondary N) is 1. The summed E-state index contributed by atoms with van der Waals surface area (Å²) in [6, 6.07) is 14.4. The largest absolute Gasteiger partial charge is 0.460 e. The summed E-state index contributed by atoms with van der Waals surface area (Å²) >= 11 is 0.